The molecule has 1 aromatic carbocycles. The number of fused-ring (bicyclic) bond motifs is 1. The highest BCUT2D eigenvalue weighted by atomic mass is 32.2. The normalized spacial score (nSPS) is 15.6. The molecule has 1 aromatic rings. The largest absolute Gasteiger partial charge is 0.516 e. The molecule has 0 bridgehead atoms. The Hall–Kier alpha value is -1.19. The minimum atomic E-state index is -3.04. The smallest absolute Gasteiger partial charge is 0.373 e. The minimum absolute atomic E-state index is 0.241. The van der Waals surface area contributed by atoms with Crippen LogP contribution < -0.4 is 0 Å². The third kappa shape index (κ3) is 3.98. The van der Waals surface area contributed by atoms with Crippen LogP contribution in [0.15, 0.2) is 24.3 Å². The van der Waals surface area contributed by atoms with Crippen molar-refractivity contribution >= 4 is 32.6 Å². The molecule has 0 spiro atoms. The predicted octanol–water partition coefficient (Wildman–Crippen LogP) is 3.30. The molecule has 0 saturated heterocycles. The van der Waals surface area contributed by atoms with Crippen molar-refractivity contribution in [3.05, 3.63) is 35.4 Å². The Balaban J connectivity index is 2.28. The van der Waals surface area contributed by atoms with Crippen LogP contribution in [0, 0.1) is 0 Å². The van der Waals surface area contributed by atoms with E-state index >= 15 is 0 Å². The summed E-state index contributed by atoms with van der Waals surface area (Å²) < 4.78 is 19.1. The van der Waals surface area contributed by atoms with Crippen LogP contribution in [0.25, 0.3) is 0 Å². The van der Waals surface area contributed by atoms with Gasteiger partial charge in [-0.05, 0) is 51.3 Å². The van der Waals surface area contributed by atoms with Crippen LogP contribution >= 0.6 is 11.9 Å². The molecule has 1 atom stereocenters. The van der Waals surface area contributed by atoms with Crippen LogP contribution in [0.1, 0.15) is 54.8 Å². The quantitative estimate of drug-likeness (QED) is 0.351. The van der Waals surface area contributed by atoms with E-state index < -0.39 is 8.80 Å². The third-order valence-corrected chi connectivity index (χ3v) is 9.37. The van der Waals surface area contributed by atoms with Crippen LogP contribution in [0.3, 0.4) is 0 Å². The molecule has 0 radical (unpaired) electrons. The summed E-state index contributed by atoms with van der Waals surface area (Å²) in [6, 6.07) is 6.87. The zero-order valence-corrected chi connectivity index (χ0v) is 16.9. The van der Waals surface area contributed by atoms with Crippen LogP contribution in [-0.4, -0.2) is 49.6 Å². The molecule has 1 heterocycles. The van der Waals surface area contributed by atoms with E-state index in [0.29, 0.717) is 37.4 Å². The van der Waals surface area contributed by atoms with Gasteiger partial charge in [0.25, 0.3) is 11.8 Å². The highest BCUT2D eigenvalue weighted by Gasteiger charge is 2.52. The Morgan fingerprint density at radius 1 is 0.920 bits per heavy atom. The summed E-state index contributed by atoms with van der Waals surface area (Å²) in [5.41, 5.74) is 0.873. The monoisotopic (exact) mass is 383 g/mol. The lowest BCUT2D eigenvalue weighted by Gasteiger charge is -2.35. The molecule has 0 aromatic heterocycles. The first-order chi connectivity index (χ1) is 12.0. The van der Waals surface area contributed by atoms with Gasteiger partial charge in [-0.2, -0.15) is 0 Å². The Morgan fingerprint density at radius 2 is 1.36 bits per heavy atom. The van der Waals surface area contributed by atoms with Crippen molar-refractivity contribution in [1.29, 1.82) is 0 Å². The highest BCUT2D eigenvalue weighted by molar-refractivity contribution is 8.00. The summed E-state index contributed by atoms with van der Waals surface area (Å²) in [5.74, 6) is -0.590. The van der Waals surface area contributed by atoms with Crippen LogP contribution in [0.5, 0.6) is 0 Å². The van der Waals surface area contributed by atoms with Crippen molar-refractivity contribution in [2.75, 3.05) is 19.8 Å². The number of hydrogen-bond donors (Lipinski definition) is 0. The highest BCUT2D eigenvalue weighted by Crippen LogP contribution is 2.36. The molecule has 6 nitrogen and oxygen atoms in total. The molecule has 1 unspecified atom stereocenters. The van der Waals surface area contributed by atoms with Crippen LogP contribution in [0.4, 0.5) is 0 Å². The van der Waals surface area contributed by atoms with E-state index in [0.717, 1.165) is 0 Å². The van der Waals surface area contributed by atoms with Gasteiger partial charge < -0.3 is 13.3 Å². The van der Waals surface area contributed by atoms with Gasteiger partial charge in [-0.3, -0.25) is 9.59 Å². The number of benzene rings is 1. The molecule has 0 N–H and O–H groups in total. The first-order valence-corrected chi connectivity index (χ1v) is 11.2. The number of imide groups is 1. The Morgan fingerprint density at radius 3 is 1.72 bits per heavy atom. The average molecular weight is 384 g/mol. The zero-order chi connectivity index (χ0) is 18.4. The first-order valence-electron chi connectivity index (χ1n) is 8.60. The van der Waals surface area contributed by atoms with Crippen molar-refractivity contribution < 1.29 is 22.9 Å². The van der Waals surface area contributed by atoms with Gasteiger partial charge in [0.2, 0.25) is 0 Å². The molecule has 0 saturated carbocycles. The van der Waals surface area contributed by atoms with Gasteiger partial charge in [0, 0.05) is 19.8 Å². The second-order valence-electron chi connectivity index (χ2n) is 5.36. The Bertz CT molecular complexity index is 575. The van der Waals surface area contributed by atoms with Gasteiger partial charge in [-0.15, -0.1) is 0 Å². The van der Waals surface area contributed by atoms with Gasteiger partial charge in [0.15, 0.2) is 0 Å². The summed E-state index contributed by atoms with van der Waals surface area (Å²) in [6.07, 6.45) is 0.657. The van der Waals surface area contributed by atoms with E-state index in [1.165, 1.54) is 16.3 Å². The molecule has 1 aliphatic heterocycles. The van der Waals surface area contributed by atoms with E-state index in [1.807, 2.05) is 27.7 Å². The lowest BCUT2D eigenvalue weighted by molar-refractivity contribution is 0.0686. The molecule has 2 amide bonds. The Labute approximate surface area is 154 Å². The number of rotatable bonds is 10. The summed E-state index contributed by atoms with van der Waals surface area (Å²) >= 11 is 1.17. The van der Waals surface area contributed by atoms with Gasteiger partial charge in [-0.25, -0.2) is 4.31 Å². The van der Waals surface area contributed by atoms with E-state index in [9.17, 15) is 9.59 Å². The van der Waals surface area contributed by atoms with Crippen molar-refractivity contribution in [3.8, 4) is 0 Å². The van der Waals surface area contributed by atoms with E-state index in [1.54, 1.807) is 24.3 Å². The van der Waals surface area contributed by atoms with Crippen LogP contribution in [-0.2, 0) is 13.3 Å². The van der Waals surface area contributed by atoms with Crippen molar-refractivity contribution in [1.82, 2.24) is 4.31 Å². The van der Waals surface area contributed by atoms with E-state index in [2.05, 4.69) is 0 Å². The molecule has 1 aliphatic rings. The van der Waals surface area contributed by atoms with Gasteiger partial charge in [-0.1, -0.05) is 19.1 Å². The molecule has 0 aliphatic carbocycles. The minimum Gasteiger partial charge on any atom is -0.373 e. The number of hydrogen-bond acceptors (Lipinski definition) is 6. The predicted molar refractivity (Wildman–Crippen MR) is 99.2 cm³/mol. The second-order valence-corrected chi connectivity index (χ2v) is 9.69. The van der Waals surface area contributed by atoms with Gasteiger partial charge >= 0.3 is 8.80 Å². The van der Waals surface area contributed by atoms with Crippen molar-refractivity contribution in [2.45, 2.75) is 39.0 Å². The summed E-state index contributed by atoms with van der Waals surface area (Å²) in [5, 5.41) is 0. The fraction of sp³-hybridized carbons (Fsp3) is 0.529. The first kappa shape index (κ1) is 20.1. The number of carbonyl (C=O) groups excluding carboxylic acids is 2. The lowest BCUT2D eigenvalue weighted by atomic mass is 10.1. The van der Waals surface area contributed by atoms with Crippen molar-refractivity contribution in [2.24, 2.45) is 0 Å². The maximum absolute atomic E-state index is 12.6. The zero-order valence-electron chi connectivity index (χ0n) is 15.1. The Kier molecular flexibility index (Phi) is 7.21. The standard InChI is InChI=1S/C17H25NO5SSi/c1-5-15(25(21-6-2,22-7-3)23-8-4)24-18-16(19)13-11-9-10-12-14(13)17(18)20/h9-12,15H,5-8H2,1-4H3. The summed E-state index contributed by atoms with van der Waals surface area (Å²) in [4.78, 5) is 25.0. The molecule has 8 heteroatoms. The van der Waals surface area contributed by atoms with E-state index in [-0.39, 0.29) is 16.7 Å². The number of amides is 2. The van der Waals surface area contributed by atoms with Crippen molar-refractivity contribution in [3.63, 3.8) is 0 Å². The SMILES string of the molecule is CCO[Si](OCC)(OCC)C(CC)SN1C(=O)c2ccccc2C1=O. The average Bonchev–Trinajstić information content (AvgIpc) is 2.85. The maximum atomic E-state index is 12.6. The van der Waals surface area contributed by atoms with Gasteiger partial charge in [0.05, 0.1) is 16.0 Å². The van der Waals surface area contributed by atoms with Gasteiger partial charge in [0.1, 0.15) is 0 Å². The summed E-state index contributed by atoms with van der Waals surface area (Å²) in [6.45, 7) is 8.99. The molecule has 0 fully saturated rings. The third-order valence-electron chi connectivity index (χ3n) is 3.79. The van der Waals surface area contributed by atoms with E-state index in [4.69, 9.17) is 13.3 Å². The molecule has 138 valence electrons. The fourth-order valence-corrected chi connectivity index (χ4v) is 7.54. The fourth-order valence-electron chi connectivity index (χ4n) is 2.79. The number of carbonyl (C=O) groups is 2. The second kappa shape index (κ2) is 8.95. The lowest BCUT2D eigenvalue weighted by Crippen LogP contribution is -2.56. The topological polar surface area (TPSA) is 65.1 Å². The molecule has 2 rings (SSSR count). The molecular weight excluding hydrogens is 358 g/mol. The number of nitrogens with zero attached hydrogens (tertiary/aromatic N) is 1. The maximum Gasteiger partial charge on any atom is 0.516 e. The molecular formula is C17H25NO5SSi. The summed E-state index contributed by atoms with van der Waals surface area (Å²) in [7, 11) is -3.04. The molecule has 25 heavy (non-hydrogen) atoms. The van der Waals surface area contributed by atoms with Crippen LogP contribution in [0.2, 0.25) is 0 Å².